The molecular weight excluding hydrogens is 216 g/mol. The Morgan fingerprint density at radius 2 is 1.88 bits per heavy atom. The fourth-order valence-corrected chi connectivity index (χ4v) is 2.39. The number of hydrogen-bond donors (Lipinski definition) is 3. The van der Waals surface area contributed by atoms with Crippen molar-refractivity contribution in [1.29, 1.82) is 0 Å². The molecule has 0 aromatic heterocycles. The predicted molar refractivity (Wildman–Crippen MR) is 68.8 cm³/mol. The van der Waals surface area contributed by atoms with Gasteiger partial charge in [0.05, 0.1) is 5.60 Å². The number of nitrogens with one attached hydrogen (secondary N) is 2. The Morgan fingerprint density at radius 3 is 2.41 bits per heavy atom. The lowest BCUT2D eigenvalue weighted by molar-refractivity contribution is -0.125. The molecule has 0 bridgehead atoms. The summed E-state index contributed by atoms with van der Waals surface area (Å²) in [6.07, 6.45) is 6.16. The zero-order chi connectivity index (χ0) is 12.7. The zero-order valence-corrected chi connectivity index (χ0v) is 11.1. The highest BCUT2D eigenvalue weighted by molar-refractivity contribution is 5.78. The van der Waals surface area contributed by atoms with Crippen molar-refractivity contribution in [2.24, 2.45) is 5.92 Å². The Bertz CT molecular complexity index is 236. The van der Waals surface area contributed by atoms with Crippen LogP contribution in [-0.2, 0) is 4.79 Å². The normalized spacial score (nSPS) is 21.6. The minimum atomic E-state index is -0.675. The molecule has 100 valence electrons. The molecule has 4 nitrogen and oxygen atoms in total. The average Bonchev–Trinajstić information content (AvgIpc) is 2.52. The fraction of sp³-hybridized carbons (Fsp3) is 0.923. The largest absolute Gasteiger partial charge is 0.388 e. The molecule has 0 aromatic rings. The molecule has 17 heavy (non-hydrogen) atoms. The first-order chi connectivity index (χ1) is 8.07. The van der Waals surface area contributed by atoms with Crippen LogP contribution < -0.4 is 10.6 Å². The maximum atomic E-state index is 11.7. The second-order valence-electron chi connectivity index (χ2n) is 5.32. The molecule has 1 fully saturated rings. The number of amides is 1. The molecule has 1 amide bonds. The number of hydrogen-bond acceptors (Lipinski definition) is 3. The van der Waals surface area contributed by atoms with Gasteiger partial charge < -0.3 is 15.7 Å². The molecule has 1 rings (SSSR count). The van der Waals surface area contributed by atoms with E-state index in [0.29, 0.717) is 13.1 Å². The minimum Gasteiger partial charge on any atom is -0.388 e. The van der Waals surface area contributed by atoms with Gasteiger partial charge >= 0.3 is 0 Å². The lowest BCUT2D eigenvalue weighted by atomic mass is 9.94. The van der Waals surface area contributed by atoms with Gasteiger partial charge in [-0.1, -0.05) is 32.6 Å². The van der Waals surface area contributed by atoms with Gasteiger partial charge in [0.25, 0.3) is 0 Å². The topological polar surface area (TPSA) is 61.4 Å². The van der Waals surface area contributed by atoms with Gasteiger partial charge in [-0.15, -0.1) is 0 Å². The fourth-order valence-electron chi connectivity index (χ4n) is 2.39. The minimum absolute atomic E-state index is 0.0250. The smallest absolute Gasteiger partial charge is 0.224 e. The van der Waals surface area contributed by atoms with Gasteiger partial charge in [-0.05, 0) is 19.9 Å². The lowest BCUT2D eigenvalue weighted by Gasteiger charge is -2.27. The number of carbonyl (C=O) groups excluding carboxylic acids is 1. The predicted octanol–water partition coefficient (Wildman–Crippen LogP) is 1.04. The second-order valence-corrected chi connectivity index (χ2v) is 5.32. The van der Waals surface area contributed by atoms with Gasteiger partial charge in [-0.2, -0.15) is 0 Å². The molecule has 4 heteroatoms. The quantitative estimate of drug-likeness (QED) is 0.631. The standard InChI is InChI=1S/C13H26N2O2/c1-11(9-14-2)12(16)15-10-13(17)7-5-3-4-6-8-13/h11,14,17H,3-10H2,1-2H3,(H,15,16). The van der Waals surface area contributed by atoms with Gasteiger partial charge in [-0.25, -0.2) is 0 Å². The molecule has 1 unspecified atom stereocenters. The molecule has 1 aliphatic rings. The van der Waals surface area contributed by atoms with Gasteiger partial charge in [0.2, 0.25) is 5.91 Å². The Morgan fingerprint density at radius 1 is 1.29 bits per heavy atom. The summed E-state index contributed by atoms with van der Waals surface area (Å²) in [5, 5.41) is 16.2. The van der Waals surface area contributed by atoms with E-state index in [2.05, 4.69) is 10.6 Å². The maximum absolute atomic E-state index is 11.7. The molecule has 0 aromatic carbocycles. The van der Waals surface area contributed by atoms with Gasteiger partial charge in [-0.3, -0.25) is 4.79 Å². The Balaban J connectivity index is 2.34. The molecule has 0 saturated heterocycles. The summed E-state index contributed by atoms with van der Waals surface area (Å²) >= 11 is 0. The summed E-state index contributed by atoms with van der Waals surface area (Å²) in [4.78, 5) is 11.7. The van der Waals surface area contributed by atoms with E-state index in [0.717, 1.165) is 25.7 Å². The third kappa shape index (κ3) is 5.04. The van der Waals surface area contributed by atoms with Crippen molar-refractivity contribution >= 4 is 5.91 Å². The van der Waals surface area contributed by atoms with Crippen LogP contribution in [0.1, 0.15) is 45.4 Å². The van der Waals surface area contributed by atoms with Crippen LogP contribution in [0.15, 0.2) is 0 Å². The van der Waals surface area contributed by atoms with Crippen LogP contribution in [0.4, 0.5) is 0 Å². The number of rotatable bonds is 5. The third-order valence-electron chi connectivity index (χ3n) is 3.58. The Labute approximate surface area is 104 Å². The highest BCUT2D eigenvalue weighted by Gasteiger charge is 2.28. The average molecular weight is 242 g/mol. The van der Waals surface area contributed by atoms with E-state index in [1.807, 2.05) is 14.0 Å². The zero-order valence-electron chi connectivity index (χ0n) is 11.1. The van der Waals surface area contributed by atoms with Gasteiger partial charge in [0.1, 0.15) is 0 Å². The van der Waals surface area contributed by atoms with E-state index in [9.17, 15) is 9.90 Å². The van der Waals surface area contributed by atoms with Crippen LogP contribution in [0, 0.1) is 5.92 Å². The summed E-state index contributed by atoms with van der Waals surface area (Å²) in [6, 6.07) is 0. The van der Waals surface area contributed by atoms with Crippen molar-refractivity contribution in [3.63, 3.8) is 0 Å². The van der Waals surface area contributed by atoms with Gasteiger partial charge in [0, 0.05) is 19.0 Å². The van der Waals surface area contributed by atoms with Crippen molar-refractivity contribution in [3.8, 4) is 0 Å². The summed E-state index contributed by atoms with van der Waals surface area (Å²) in [6.45, 7) is 2.97. The van der Waals surface area contributed by atoms with Crippen molar-refractivity contribution in [3.05, 3.63) is 0 Å². The highest BCUT2D eigenvalue weighted by Crippen LogP contribution is 2.26. The molecule has 0 spiro atoms. The SMILES string of the molecule is CNCC(C)C(=O)NCC1(O)CCCCCC1. The number of aliphatic hydroxyl groups is 1. The van der Waals surface area contributed by atoms with E-state index in [1.165, 1.54) is 12.8 Å². The summed E-state index contributed by atoms with van der Waals surface area (Å²) in [7, 11) is 1.84. The third-order valence-corrected chi connectivity index (χ3v) is 3.58. The summed E-state index contributed by atoms with van der Waals surface area (Å²) in [5.41, 5.74) is -0.675. The number of carbonyl (C=O) groups is 1. The summed E-state index contributed by atoms with van der Waals surface area (Å²) < 4.78 is 0. The van der Waals surface area contributed by atoms with Crippen LogP contribution in [0.5, 0.6) is 0 Å². The van der Waals surface area contributed by atoms with Gasteiger partial charge in [0.15, 0.2) is 0 Å². The molecule has 1 aliphatic carbocycles. The van der Waals surface area contributed by atoms with E-state index in [1.54, 1.807) is 0 Å². The van der Waals surface area contributed by atoms with Crippen LogP contribution in [0.2, 0.25) is 0 Å². The Hall–Kier alpha value is -0.610. The van der Waals surface area contributed by atoms with Crippen LogP contribution >= 0.6 is 0 Å². The Kier molecular flexibility index (Phi) is 5.92. The molecule has 1 saturated carbocycles. The molecule has 0 heterocycles. The van der Waals surface area contributed by atoms with Crippen molar-refractivity contribution in [2.45, 2.75) is 51.0 Å². The molecule has 1 atom stereocenters. The molecular formula is C13H26N2O2. The molecule has 0 radical (unpaired) electrons. The van der Waals surface area contributed by atoms with E-state index < -0.39 is 5.60 Å². The summed E-state index contributed by atoms with van der Waals surface area (Å²) in [5.74, 6) is -0.0219. The van der Waals surface area contributed by atoms with Crippen molar-refractivity contribution in [1.82, 2.24) is 10.6 Å². The van der Waals surface area contributed by atoms with E-state index >= 15 is 0 Å². The van der Waals surface area contributed by atoms with Crippen molar-refractivity contribution in [2.75, 3.05) is 20.1 Å². The van der Waals surface area contributed by atoms with E-state index in [-0.39, 0.29) is 11.8 Å². The van der Waals surface area contributed by atoms with Crippen molar-refractivity contribution < 1.29 is 9.90 Å². The second kappa shape index (κ2) is 6.97. The van der Waals surface area contributed by atoms with Crippen LogP contribution in [0.3, 0.4) is 0 Å². The highest BCUT2D eigenvalue weighted by atomic mass is 16.3. The first-order valence-corrected chi connectivity index (χ1v) is 6.72. The first kappa shape index (κ1) is 14.5. The van der Waals surface area contributed by atoms with E-state index in [4.69, 9.17) is 0 Å². The maximum Gasteiger partial charge on any atom is 0.224 e. The monoisotopic (exact) mass is 242 g/mol. The first-order valence-electron chi connectivity index (χ1n) is 6.72. The molecule has 3 N–H and O–H groups in total. The lowest BCUT2D eigenvalue weighted by Crippen LogP contribution is -2.45. The molecule has 0 aliphatic heterocycles. The van der Waals surface area contributed by atoms with Crippen LogP contribution in [0.25, 0.3) is 0 Å². The van der Waals surface area contributed by atoms with Crippen LogP contribution in [-0.4, -0.2) is 36.8 Å².